The fraction of sp³-hybridized carbons (Fsp3) is 0.167. The molecule has 0 bridgehead atoms. The normalized spacial score (nSPS) is 10.4. The van der Waals surface area contributed by atoms with Crippen LogP contribution in [0.2, 0.25) is 0 Å². The molecule has 0 aliphatic heterocycles. The number of carbonyl (C=O) groups is 1. The first-order valence-electron chi connectivity index (χ1n) is 5.34. The molecule has 1 aromatic carbocycles. The van der Waals surface area contributed by atoms with E-state index >= 15 is 0 Å². The van der Waals surface area contributed by atoms with Crippen LogP contribution in [-0.2, 0) is 7.05 Å². The number of anilines is 2. The number of aryl methyl sites for hydroxylation is 1. The van der Waals surface area contributed by atoms with Gasteiger partial charge >= 0.3 is 0 Å². The van der Waals surface area contributed by atoms with Crippen molar-refractivity contribution in [3.05, 3.63) is 41.5 Å². The number of nitrogens with one attached hydrogen (secondary N) is 1. The Morgan fingerprint density at radius 3 is 2.83 bits per heavy atom. The molecule has 1 aromatic heterocycles. The van der Waals surface area contributed by atoms with E-state index in [1.807, 2.05) is 0 Å². The number of hydrogen-bond donors (Lipinski definition) is 2. The third kappa shape index (κ3) is 2.17. The minimum Gasteiger partial charge on any atom is -0.399 e. The molecule has 0 spiro atoms. The average molecular weight is 248 g/mol. The Hall–Kier alpha value is -2.37. The molecule has 5 nitrogen and oxygen atoms in total. The molecule has 0 aliphatic rings. The first-order valence-corrected chi connectivity index (χ1v) is 5.34. The topological polar surface area (TPSA) is 72.9 Å². The number of benzene rings is 1. The van der Waals surface area contributed by atoms with Crippen LogP contribution in [0.15, 0.2) is 24.4 Å². The van der Waals surface area contributed by atoms with Gasteiger partial charge in [0.2, 0.25) is 0 Å². The third-order valence-electron chi connectivity index (χ3n) is 2.72. The minimum atomic E-state index is -0.529. The highest BCUT2D eigenvalue weighted by Gasteiger charge is 2.14. The van der Waals surface area contributed by atoms with Gasteiger partial charge in [-0.15, -0.1) is 0 Å². The summed E-state index contributed by atoms with van der Waals surface area (Å²) in [5, 5.41) is 6.43. The van der Waals surface area contributed by atoms with Crippen LogP contribution in [0.4, 0.5) is 15.8 Å². The molecule has 1 amide bonds. The highest BCUT2D eigenvalue weighted by molar-refractivity contribution is 6.05. The highest BCUT2D eigenvalue weighted by Crippen LogP contribution is 2.18. The smallest absolute Gasteiger partial charge is 0.259 e. The number of hydrogen-bond acceptors (Lipinski definition) is 3. The number of aromatic nitrogens is 2. The lowest BCUT2D eigenvalue weighted by molar-refractivity contribution is 0.102. The van der Waals surface area contributed by atoms with Gasteiger partial charge in [0, 0.05) is 18.4 Å². The van der Waals surface area contributed by atoms with E-state index in [1.54, 1.807) is 18.7 Å². The first-order chi connectivity index (χ1) is 8.49. The summed E-state index contributed by atoms with van der Waals surface area (Å²) in [6.07, 6.45) is 1.44. The number of halogens is 1. The molecule has 3 N–H and O–H groups in total. The van der Waals surface area contributed by atoms with Crippen molar-refractivity contribution in [2.75, 3.05) is 11.1 Å². The van der Waals surface area contributed by atoms with Crippen LogP contribution < -0.4 is 11.1 Å². The number of nitrogens with zero attached hydrogens (tertiary/aromatic N) is 2. The van der Waals surface area contributed by atoms with E-state index in [0.29, 0.717) is 16.9 Å². The molecule has 0 aliphatic carbocycles. The van der Waals surface area contributed by atoms with Crippen LogP contribution in [0.25, 0.3) is 0 Å². The number of carbonyl (C=O) groups excluding carboxylic acids is 1. The Kier molecular flexibility index (Phi) is 3.01. The zero-order chi connectivity index (χ0) is 13.3. The van der Waals surface area contributed by atoms with E-state index in [4.69, 9.17) is 5.73 Å². The summed E-state index contributed by atoms with van der Waals surface area (Å²) in [5.74, 6) is -0.941. The molecule has 0 radical (unpaired) electrons. The predicted octanol–water partition coefficient (Wildman–Crippen LogP) is 1.70. The molecule has 0 atom stereocenters. The average Bonchev–Trinajstić information content (AvgIpc) is 2.65. The van der Waals surface area contributed by atoms with E-state index in [2.05, 4.69) is 10.4 Å². The maximum absolute atomic E-state index is 13.5. The number of nitrogens with two attached hydrogens (primary N) is 1. The second kappa shape index (κ2) is 4.48. The number of amides is 1. The van der Waals surface area contributed by atoms with Crippen LogP contribution in [0.5, 0.6) is 0 Å². The Morgan fingerprint density at radius 2 is 2.22 bits per heavy atom. The molecule has 0 unspecified atom stereocenters. The monoisotopic (exact) mass is 248 g/mol. The van der Waals surface area contributed by atoms with E-state index in [0.717, 1.165) is 0 Å². The quantitative estimate of drug-likeness (QED) is 0.794. The molecule has 2 aromatic rings. The Bertz CT molecular complexity index is 606. The van der Waals surface area contributed by atoms with Crippen LogP contribution >= 0.6 is 0 Å². The SMILES string of the molecule is Cc1c(C(=O)Nc2cc(N)ccc2F)cnn1C. The molecule has 0 fully saturated rings. The standard InChI is InChI=1S/C12H13FN4O/c1-7-9(6-15-17(7)2)12(18)16-11-5-8(14)3-4-10(11)13/h3-6H,14H2,1-2H3,(H,16,18). The van der Waals surface area contributed by atoms with Crippen LogP contribution in [0.3, 0.4) is 0 Å². The van der Waals surface area contributed by atoms with Crippen molar-refractivity contribution >= 4 is 17.3 Å². The van der Waals surface area contributed by atoms with Crippen molar-refractivity contribution in [2.24, 2.45) is 7.05 Å². The number of nitrogen functional groups attached to an aromatic ring is 1. The van der Waals surface area contributed by atoms with Gasteiger partial charge in [-0.1, -0.05) is 0 Å². The second-order valence-corrected chi connectivity index (χ2v) is 3.96. The van der Waals surface area contributed by atoms with Gasteiger partial charge in [0.1, 0.15) is 5.82 Å². The van der Waals surface area contributed by atoms with Gasteiger partial charge in [0.05, 0.1) is 17.4 Å². The minimum absolute atomic E-state index is 0.0586. The Labute approximate surface area is 103 Å². The maximum Gasteiger partial charge on any atom is 0.259 e. The van der Waals surface area contributed by atoms with Crippen molar-refractivity contribution in [3.8, 4) is 0 Å². The van der Waals surface area contributed by atoms with Crippen LogP contribution in [0.1, 0.15) is 16.1 Å². The van der Waals surface area contributed by atoms with Gasteiger partial charge < -0.3 is 11.1 Å². The zero-order valence-corrected chi connectivity index (χ0v) is 10.1. The third-order valence-corrected chi connectivity index (χ3v) is 2.72. The van der Waals surface area contributed by atoms with Gasteiger partial charge in [-0.2, -0.15) is 5.10 Å². The molecule has 94 valence electrons. The van der Waals surface area contributed by atoms with Crippen molar-refractivity contribution < 1.29 is 9.18 Å². The second-order valence-electron chi connectivity index (χ2n) is 3.96. The molecule has 0 saturated carbocycles. The molecular weight excluding hydrogens is 235 g/mol. The van der Waals surface area contributed by atoms with Crippen molar-refractivity contribution in [1.29, 1.82) is 0 Å². The fourth-order valence-electron chi connectivity index (χ4n) is 1.55. The van der Waals surface area contributed by atoms with E-state index < -0.39 is 11.7 Å². The maximum atomic E-state index is 13.5. The van der Waals surface area contributed by atoms with Crippen molar-refractivity contribution in [3.63, 3.8) is 0 Å². The van der Waals surface area contributed by atoms with E-state index in [1.165, 1.54) is 24.4 Å². The van der Waals surface area contributed by atoms with Crippen molar-refractivity contribution in [2.45, 2.75) is 6.92 Å². The van der Waals surface area contributed by atoms with Gasteiger partial charge in [-0.05, 0) is 25.1 Å². The summed E-state index contributed by atoms with van der Waals surface area (Å²) in [6.45, 7) is 1.76. The van der Waals surface area contributed by atoms with Gasteiger partial charge in [0.25, 0.3) is 5.91 Å². The highest BCUT2D eigenvalue weighted by atomic mass is 19.1. The van der Waals surface area contributed by atoms with Gasteiger partial charge in [0.15, 0.2) is 0 Å². The molecule has 6 heteroatoms. The lowest BCUT2D eigenvalue weighted by atomic mass is 10.2. The summed E-state index contributed by atoms with van der Waals surface area (Å²) in [5.41, 5.74) is 7.09. The summed E-state index contributed by atoms with van der Waals surface area (Å²) < 4.78 is 15.0. The summed E-state index contributed by atoms with van der Waals surface area (Å²) in [6, 6.07) is 4.01. The Balaban J connectivity index is 2.27. The molecule has 2 rings (SSSR count). The summed E-state index contributed by atoms with van der Waals surface area (Å²) in [4.78, 5) is 11.9. The van der Waals surface area contributed by atoms with Crippen molar-refractivity contribution in [1.82, 2.24) is 9.78 Å². The molecule has 0 saturated heterocycles. The zero-order valence-electron chi connectivity index (χ0n) is 10.1. The largest absolute Gasteiger partial charge is 0.399 e. The summed E-state index contributed by atoms with van der Waals surface area (Å²) >= 11 is 0. The molecule has 18 heavy (non-hydrogen) atoms. The van der Waals surface area contributed by atoms with Crippen LogP contribution in [-0.4, -0.2) is 15.7 Å². The predicted molar refractivity (Wildman–Crippen MR) is 66.7 cm³/mol. The summed E-state index contributed by atoms with van der Waals surface area (Å²) in [7, 11) is 1.73. The van der Waals surface area contributed by atoms with Crippen LogP contribution in [0, 0.1) is 12.7 Å². The number of rotatable bonds is 2. The lowest BCUT2D eigenvalue weighted by Crippen LogP contribution is -2.14. The fourth-order valence-corrected chi connectivity index (χ4v) is 1.55. The first kappa shape index (κ1) is 12.1. The molecule has 1 heterocycles. The van der Waals surface area contributed by atoms with E-state index in [9.17, 15) is 9.18 Å². The lowest BCUT2D eigenvalue weighted by Gasteiger charge is -2.06. The van der Waals surface area contributed by atoms with Gasteiger partial charge in [-0.25, -0.2) is 4.39 Å². The van der Waals surface area contributed by atoms with Gasteiger partial charge in [-0.3, -0.25) is 9.48 Å². The Morgan fingerprint density at radius 1 is 1.50 bits per heavy atom. The van der Waals surface area contributed by atoms with E-state index in [-0.39, 0.29) is 5.69 Å². The molecular formula is C12H13FN4O.